The van der Waals surface area contributed by atoms with Gasteiger partial charge < -0.3 is 10.6 Å². The van der Waals surface area contributed by atoms with Gasteiger partial charge in [-0.3, -0.25) is 4.79 Å². The van der Waals surface area contributed by atoms with Gasteiger partial charge in [0, 0.05) is 18.7 Å². The zero-order chi connectivity index (χ0) is 13.8. The Balaban J connectivity index is 2.08. The lowest BCUT2D eigenvalue weighted by Crippen LogP contribution is -2.32. The second kappa shape index (κ2) is 6.29. The zero-order valence-corrected chi connectivity index (χ0v) is 12.1. The summed E-state index contributed by atoms with van der Waals surface area (Å²) in [7, 11) is 0. The molecular formula is C15H21ClN2O. The van der Waals surface area contributed by atoms with Gasteiger partial charge in [-0.2, -0.15) is 0 Å². The lowest BCUT2D eigenvalue weighted by Gasteiger charge is -2.21. The molecule has 1 saturated heterocycles. The highest BCUT2D eigenvalue weighted by molar-refractivity contribution is 6.33. The lowest BCUT2D eigenvalue weighted by atomic mass is 9.98. The Labute approximate surface area is 119 Å². The first-order chi connectivity index (χ1) is 9.11. The molecule has 1 aliphatic heterocycles. The van der Waals surface area contributed by atoms with Crippen molar-refractivity contribution in [2.75, 3.05) is 18.8 Å². The quantitative estimate of drug-likeness (QED) is 0.842. The molecule has 2 N–H and O–H groups in total. The van der Waals surface area contributed by atoms with Gasteiger partial charge >= 0.3 is 0 Å². The zero-order valence-electron chi connectivity index (χ0n) is 11.4. The topological polar surface area (TPSA) is 46.3 Å². The summed E-state index contributed by atoms with van der Waals surface area (Å²) in [5, 5.41) is 0.451. The summed E-state index contributed by atoms with van der Waals surface area (Å²) in [5.41, 5.74) is 6.82. The number of likely N-dealkylation sites (tertiary alicyclic amines) is 1. The Morgan fingerprint density at radius 2 is 2.21 bits per heavy atom. The highest BCUT2D eigenvalue weighted by atomic mass is 35.5. The fraction of sp³-hybridized carbons (Fsp3) is 0.533. The first-order valence-electron chi connectivity index (χ1n) is 6.96. The number of carbonyl (C=O) groups is 1. The average molecular weight is 281 g/mol. The molecule has 0 spiro atoms. The third kappa shape index (κ3) is 3.41. The number of amides is 1. The van der Waals surface area contributed by atoms with E-state index >= 15 is 0 Å². The molecular weight excluding hydrogens is 260 g/mol. The Bertz CT molecular complexity index is 461. The molecule has 1 fully saturated rings. The number of benzene rings is 1. The summed E-state index contributed by atoms with van der Waals surface area (Å²) in [6.07, 6.45) is 4.62. The van der Waals surface area contributed by atoms with Gasteiger partial charge in [0.25, 0.3) is 5.91 Å². The van der Waals surface area contributed by atoms with Crippen LogP contribution in [0.3, 0.4) is 0 Å². The number of halogens is 1. The molecule has 0 bridgehead atoms. The van der Waals surface area contributed by atoms with Gasteiger partial charge in [-0.05, 0) is 43.4 Å². The minimum absolute atomic E-state index is 0.0682. The fourth-order valence-electron chi connectivity index (χ4n) is 2.62. The van der Waals surface area contributed by atoms with Crippen molar-refractivity contribution in [3.8, 4) is 0 Å². The van der Waals surface area contributed by atoms with Crippen molar-refractivity contribution in [2.45, 2.75) is 32.6 Å². The highest BCUT2D eigenvalue weighted by Crippen LogP contribution is 2.24. The van der Waals surface area contributed by atoms with Gasteiger partial charge in [-0.15, -0.1) is 0 Å². The number of hydrogen-bond donors (Lipinski definition) is 1. The van der Waals surface area contributed by atoms with Crippen LogP contribution in [0.1, 0.15) is 43.0 Å². The first-order valence-corrected chi connectivity index (χ1v) is 7.34. The van der Waals surface area contributed by atoms with Crippen molar-refractivity contribution < 1.29 is 4.79 Å². The lowest BCUT2D eigenvalue weighted by molar-refractivity contribution is 0.0760. The van der Waals surface area contributed by atoms with Crippen LogP contribution in [0, 0.1) is 5.92 Å². The first kappa shape index (κ1) is 14.2. The standard InChI is InChI=1S/C15H21ClN2O/c1-2-11-4-3-8-18(9-7-11)15(19)12-5-6-14(17)13(16)10-12/h5-6,10-11H,2-4,7-9,17H2,1H3. The van der Waals surface area contributed by atoms with E-state index in [1.165, 1.54) is 12.8 Å². The number of anilines is 1. The molecule has 19 heavy (non-hydrogen) atoms. The highest BCUT2D eigenvalue weighted by Gasteiger charge is 2.21. The summed E-state index contributed by atoms with van der Waals surface area (Å²) in [6.45, 7) is 3.92. The molecule has 3 nitrogen and oxygen atoms in total. The Hall–Kier alpha value is -1.22. The van der Waals surface area contributed by atoms with Crippen LogP contribution in [0.15, 0.2) is 18.2 Å². The molecule has 1 atom stereocenters. The summed E-state index contributed by atoms with van der Waals surface area (Å²) < 4.78 is 0. The fourth-order valence-corrected chi connectivity index (χ4v) is 2.80. The molecule has 0 aliphatic carbocycles. The van der Waals surface area contributed by atoms with Crippen LogP contribution in [0.5, 0.6) is 0 Å². The maximum absolute atomic E-state index is 12.4. The van der Waals surface area contributed by atoms with Gasteiger partial charge in [0.05, 0.1) is 10.7 Å². The molecule has 1 unspecified atom stereocenters. The largest absolute Gasteiger partial charge is 0.398 e. The molecule has 1 aromatic carbocycles. The van der Waals surface area contributed by atoms with Gasteiger partial charge in [-0.1, -0.05) is 24.9 Å². The van der Waals surface area contributed by atoms with Gasteiger partial charge in [0.2, 0.25) is 0 Å². The van der Waals surface area contributed by atoms with E-state index in [1.807, 2.05) is 4.90 Å². The predicted molar refractivity (Wildman–Crippen MR) is 79.4 cm³/mol. The van der Waals surface area contributed by atoms with Crippen molar-refractivity contribution in [3.05, 3.63) is 28.8 Å². The van der Waals surface area contributed by atoms with Crippen LogP contribution in [0.25, 0.3) is 0 Å². The molecule has 1 aromatic rings. The average Bonchev–Trinajstić information content (AvgIpc) is 2.66. The smallest absolute Gasteiger partial charge is 0.253 e. The van der Waals surface area contributed by atoms with Crippen LogP contribution in [-0.4, -0.2) is 23.9 Å². The van der Waals surface area contributed by atoms with Crippen LogP contribution < -0.4 is 5.73 Å². The van der Waals surface area contributed by atoms with Crippen molar-refractivity contribution >= 4 is 23.2 Å². The van der Waals surface area contributed by atoms with E-state index in [0.717, 1.165) is 31.8 Å². The number of rotatable bonds is 2. The van der Waals surface area contributed by atoms with Gasteiger partial charge in [0.15, 0.2) is 0 Å². The Morgan fingerprint density at radius 3 is 2.89 bits per heavy atom. The minimum atomic E-state index is 0.0682. The Morgan fingerprint density at radius 1 is 1.42 bits per heavy atom. The van der Waals surface area contributed by atoms with Crippen LogP contribution in [0.2, 0.25) is 5.02 Å². The number of hydrogen-bond acceptors (Lipinski definition) is 2. The normalized spacial score (nSPS) is 20.1. The third-order valence-electron chi connectivity index (χ3n) is 3.96. The third-order valence-corrected chi connectivity index (χ3v) is 4.29. The maximum atomic E-state index is 12.4. The van der Waals surface area contributed by atoms with E-state index in [4.69, 9.17) is 17.3 Å². The van der Waals surface area contributed by atoms with E-state index in [1.54, 1.807) is 18.2 Å². The van der Waals surface area contributed by atoms with Crippen LogP contribution in [0.4, 0.5) is 5.69 Å². The second-order valence-electron chi connectivity index (χ2n) is 5.23. The number of nitrogens with zero attached hydrogens (tertiary/aromatic N) is 1. The molecule has 0 saturated carbocycles. The van der Waals surface area contributed by atoms with Crippen molar-refractivity contribution in [3.63, 3.8) is 0 Å². The van der Waals surface area contributed by atoms with Crippen LogP contribution in [-0.2, 0) is 0 Å². The molecule has 0 aromatic heterocycles. The predicted octanol–water partition coefficient (Wildman–Crippen LogP) is 3.57. The second-order valence-corrected chi connectivity index (χ2v) is 5.64. The van der Waals surface area contributed by atoms with Crippen LogP contribution >= 0.6 is 11.6 Å². The number of nitrogens with two attached hydrogens (primary N) is 1. The minimum Gasteiger partial charge on any atom is -0.398 e. The molecule has 104 valence electrons. The molecule has 1 aliphatic rings. The van der Waals surface area contributed by atoms with Crippen molar-refractivity contribution in [1.82, 2.24) is 4.90 Å². The maximum Gasteiger partial charge on any atom is 0.253 e. The number of nitrogen functional groups attached to an aromatic ring is 1. The van der Waals surface area contributed by atoms with E-state index in [0.29, 0.717) is 16.3 Å². The van der Waals surface area contributed by atoms with E-state index in [2.05, 4.69) is 6.92 Å². The molecule has 1 amide bonds. The Kier molecular flexibility index (Phi) is 4.70. The van der Waals surface area contributed by atoms with E-state index < -0.39 is 0 Å². The van der Waals surface area contributed by atoms with E-state index in [9.17, 15) is 4.79 Å². The van der Waals surface area contributed by atoms with Crippen molar-refractivity contribution in [1.29, 1.82) is 0 Å². The molecule has 4 heteroatoms. The summed E-state index contributed by atoms with van der Waals surface area (Å²) in [4.78, 5) is 14.4. The van der Waals surface area contributed by atoms with Gasteiger partial charge in [0.1, 0.15) is 0 Å². The van der Waals surface area contributed by atoms with Gasteiger partial charge in [-0.25, -0.2) is 0 Å². The SMILES string of the molecule is CCC1CCCN(C(=O)c2ccc(N)c(Cl)c2)CC1. The summed E-state index contributed by atoms with van der Waals surface area (Å²) in [5.74, 6) is 0.825. The molecule has 1 heterocycles. The molecule has 2 rings (SSSR count). The van der Waals surface area contributed by atoms with E-state index in [-0.39, 0.29) is 5.91 Å². The number of carbonyl (C=O) groups excluding carboxylic acids is 1. The summed E-state index contributed by atoms with van der Waals surface area (Å²) >= 11 is 5.98. The molecule has 0 radical (unpaired) electrons. The summed E-state index contributed by atoms with van der Waals surface area (Å²) in [6, 6.07) is 5.12. The van der Waals surface area contributed by atoms with Crippen molar-refractivity contribution in [2.24, 2.45) is 5.92 Å². The monoisotopic (exact) mass is 280 g/mol.